The smallest absolute Gasteiger partial charge is 1.00 e. The minimum absolute atomic E-state index is 0. The van der Waals surface area contributed by atoms with E-state index >= 15 is 0 Å². The average Bonchev–Trinajstić information content (AvgIpc) is 2.06. The van der Waals surface area contributed by atoms with Gasteiger partial charge >= 0.3 is 29.6 Å². The summed E-state index contributed by atoms with van der Waals surface area (Å²) >= 11 is 0. The van der Waals surface area contributed by atoms with E-state index in [4.69, 9.17) is 0 Å². The fourth-order valence-electron chi connectivity index (χ4n) is 0.683. The average molecular weight is 212 g/mol. The van der Waals surface area contributed by atoms with E-state index in [1.54, 1.807) is 36.6 Å². The first-order valence-corrected chi connectivity index (χ1v) is 6.25. The van der Waals surface area contributed by atoms with Crippen molar-refractivity contribution in [1.82, 2.24) is 0 Å². The minimum Gasteiger partial charge on any atom is -1.00 e. The molecule has 0 amide bonds. The van der Waals surface area contributed by atoms with Crippen molar-refractivity contribution in [3.63, 3.8) is 0 Å². The first-order valence-electron chi connectivity index (χ1n) is 3.02. The standard InChI is InChI=1S/C7H8O2S2.Na.H/c1-10-11(8,9)7-5-3-2-4-6-7;;/h2-6H,1H3;;/q;+1;-1. The second-order valence-electron chi connectivity index (χ2n) is 1.93. The largest absolute Gasteiger partial charge is 1.00 e. The Morgan fingerprint density at radius 3 is 2.17 bits per heavy atom. The van der Waals surface area contributed by atoms with Gasteiger partial charge in [0.05, 0.1) is 4.90 Å². The number of hydrogen-bond acceptors (Lipinski definition) is 3. The van der Waals surface area contributed by atoms with Crippen molar-refractivity contribution in [2.24, 2.45) is 0 Å². The SMILES string of the molecule is CSS(=O)(=O)c1ccccc1.[H-].[Na+]. The molecule has 0 saturated carbocycles. The van der Waals surface area contributed by atoms with Gasteiger partial charge in [-0.2, -0.15) is 0 Å². The molecule has 0 saturated heterocycles. The van der Waals surface area contributed by atoms with Crippen LogP contribution in [0.1, 0.15) is 1.43 Å². The summed E-state index contributed by atoms with van der Waals surface area (Å²) in [4.78, 5) is 0.368. The molecule has 12 heavy (non-hydrogen) atoms. The summed E-state index contributed by atoms with van der Waals surface area (Å²) in [5.74, 6) is 0. The summed E-state index contributed by atoms with van der Waals surface area (Å²) in [6.07, 6.45) is 1.56. The van der Waals surface area contributed by atoms with Crippen molar-refractivity contribution in [3.8, 4) is 0 Å². The van der Waals surface area contributed by atoms with E-state index in [9.17, 15) is 8.42 Å². The summed E-state index contributed by atoms with van der Waals surface area (Å²) in [7, 11) is -2.23. The van der Waals surface area contributed by atoms with Crippen molar-refractivity contribution < 1.29 is 39.4 Å². The van der Waals surface area contributed by atoms with Crippen LogP contribution in [0.15, 0.2) is 35.2 Å². The zero-order valence-electron chi connectivity index (χ0n) is 8.02. The van der Waals surface area contributed by atoms with Crippen LogP contribution in [0, 0.1) is 0 Å². The van der Waals surface area contributed by atoms with Crippen LogP contribution in [0.5, 0.6) is 0 Å². The second-order valence-corrected chi connectivity index (χ2v) is 5.96. The van der Waals surface area contributed by atoms with E-state index in [0.717, 1.165) is 10.8 Å². The third-order valence-corrected chi connectivity index (χ3v) is 4.43. The predicted octanol–water partition coefficient (Wildman–Crippen LogP) is -1.15. The molecule has 1 aromatic carbocycles. The molecule has 0 heterocycles. The Kier molecular flexibility index (Phi) is 5.52. The maximum atomic E-state index is 11.2. The zero-order valence-corrected chi connectivity index (χ0v) is 10.7. The normalized spacial score (nSPS) is 10.4. The van der Waals surface area contributed by atoms with Gasteiger partial charge in [0.15, 0.2) is 0 Å². The number of rotatable bonds is 2. The van der Waals surface area contributed by atoms with Crippen LogP contribution >= 0.6 is 10.8 Å². The van der Waals surface area contributed by atoms with Crippen molar-refractivity contribution in [3.05, 3.63) is 30.3 Å². The Morgan fingerprint density at radius 2 is 1.75 bits per heavy atom. The predicted molar refractivity (Wildman–Crippen MR) is 48.3 cm³/mol. The van der Waals surface area contributed by atoms with Gasteiger partial charge in [-0.05, 0) is 29.2 Å². The Balaban J connectivity index is 0. The Hall–Kier alpha value is 0.520. The van der Waals surface area contributed by atoms with Gasteiger partial charge in [-0.15, -0.1) is 0 Å². The van der Waals surface area contributed by atoms with E-state index in [1.807, 2.05) is 0 Å². The van der Waals surface area contributed by atoms with Gasteiger partial charge in [0.2, 0.25) is 8.87 Å². The van der Waals surface area contributed by atoms with Gasteiger partial charge in [-0.1, -0.05) is 18.2 Å². The molecule has 0 atom stereocenters. The van der Waals surface area contributed by atoms with Gasteiger partial charge in [0.1, 0.15) is 0 Å². The maximum absolute atomic E-state index is 11.2. The molecule has 62 valence electrons. The van der Waals surface area contributed by atoms with Crippen LogP contribution in [-0.4, -0.2) is 14.7 Å². The van der Waals surface area contributed by atoms with Crippen LogP contribution in [0.4, 0.5) is 0 Å². The molecule has 1 rings (SSSR count). The monoisotopic (exact) mass is 212 g/mol. The van der Waals surface area contributed by atoms with Gasteiger partial charge in [0.25, 0.3) is 0 Å². The third-order valence-electron chi connectivity index (χ3n) is 1.25. The summed E-state index contributed by atoms with van der Waals surface area (Å²) in [6.45, 7) is 0. The molecule has 0 unspecified atom stereocenters. The van der Waals surface area contributed by atoms with Crippen molar-refractivity contribution in [2.75, 3.05) is 6.26 Å². The molecule has 0 N–H and O–H groups in total. The van der Waals surface area contributed by atoms with Gasteiger partial charge in [-0.25, -0.2) is 8.42 Å². The van der Waals surface area contributed by atoms with Crippen LogP contribution in [0.3, 0.4) is 0 Å². The van der Waals surface area contributed by atoms with Crippen molar-refractivity contribution >= 4 is 19.7 Å². The van der Waals surface area contributed by atoms with Crippen LogP contribution in [-0.2, 0) is 8.87 Å². The number of benzene rings is 1. The summed E-state index contributed by atoms with van der Waals surface area (Å²) < 4.78 is 22.3. The fraction of sp³-hybridized carbons (Fsp3) is 0.143. The molecule has 0 aliphatic heterocycles. The van der Waals surface area contributed by atoms with Crippen LogP contribution < -0.4 is 29.6 Å². The van der Waals surface area contributed by atoms with E-state index in [-0.39, 0.29) is 31.0 Å². The van der Waals surface area contributed by atoms with Crippen molar-refractivity contribution in [1.29, 1.82) is 0 Å². The maximum Gasteiger partial charge on any atom is 1.00 e. The molecule has 0 fully saturated rings. The fourth-order valence-corrected chi connectivity index (χ4v) is 2.28. The van der Waals surface area contributed by atoms with Crippen molar-refractivity contribution in [2.45, 2.75) is 4.90 Å². The molecular formula is C7H9NaO2S2. The second kappa shape index (κ2) is 5.29. The molecule has 1 aromatic rings. The van der Waals surface area contributed by atoms with E-state index in [1.165, 1.54) is 0 Å². The molecule has 0 spiro atoms. The Morgan fingerprint density at radius 1 is 1.25 bits per heavy atom. The van der Waals surface area contributed by atoms with E-state index in [0.29, 0.717) is 4.90 Å². The molecule has 0 radical (unpaired) electrons. The Labute approximate surface area is 99.8 Å². The first-order chi connectivity index (χ1) is 5.17. The zero-order chi connectivity index (χ0) is 8.32. The molecule has 0 bridgehead atoms. The topological polar surface area (TPSA) is 34.1 Å². The Bertz CT molecular complexity index is 326. The molecule has 0 aliphatic carbocycles. The van der Waals surface area contributed by atoms with Gasteiger partial charge in [0, 0.05) is 0 Å². The molecule has 5 heteroatoms. The van der Waals surface area contributed by atoms with E-state index in [2.05, 4.69) is 0 Å². The van der Waals surface area contributed by atoms with Gasteiger partial charge in [-0.3, -0.25) is 0 Å². The molecule has 0 aliphatic rings. The molecular weight excluding hydrogens is 203 g/mol. The van der Waals surface area contributed by atoms with Gasteiger partial charge < -0.3 is 1.43 Å². The van der Waals surface area contributed by atoms with E-state index < -0.39 is 8.87 Å². The quantitative estimate of drug-likeness (QED) is 0.459. The minimum atomic E-state index is -3.08. The molecule has 0 aromatic heterocycles. The van der Waals surface area contributed by atoms with Crippen LogP contribution in [0.2, 0.25) is 0 Å². The summed E-state index contributed by atoms with van der Waals surface area (Å²) in [5.41, 5.74) is 0. The van der Waals surface area contributed by atoms with Crippen LogP contribution in [0.25, 0.3) is 0 Å². The number of hydrogen-bond donors (Lipinski definition) is 0. The third kappa shape index (κ3) is 3.11. The molecule has 2 nitrogen and oxygen atoms in total. The first kappa shape index (κ1) is 12.5. The summed E-state index contributed by atoms with van der Waals surface area (Å²) in [6, 6.07) is 8.39. The summed E-state index contributed by atoms with van der Waals surface area (Å²) in [5, 5.41) is 0.